The predicted octanol–water partition coefficient (Wildman–Crippen LogP) is 9.15. The number of amides is 1. The SMILES string of the molecule is CCCSc1nc2n(n1)C(c1cc(Br)c(OCc3ccc(Cl)cc3Cl)c(OCC)c1)C(C(=O)Nc1ccccc1OCC)=C(C)N2. The molecule has 13 heteroatoms. The van der Waals surface area contributed by atoms with Gasteiger partial charge < -0.3 is 24.8 Å². The van der Waals surface area contributed by atoms with Crippen molar-refractivity contribution in [3.63, 3.8) is 0 Å². The first-order chi connectivity index (χ1) is 22.2. The lowest BCUT2D eigenvalue weighted by Crippen LogP contribution is -2.31. The zero-order valence-electron chi connectivity index (χ0n) is 25.8. The highest BCUT2D eigenvalue weighted by atomic mass is 79.9. The first-order valence-corrected chi connectivity index (χ1v) is 17.4. The molecule has 5 rings (SSSR count). The first kappa shape index (κ1) is 34.0. The molecule has 1 atom stereocenters. The van der Waals surface area contributed by atoms with E-state index in [9.17, 15) is 4.79 Å². The standard InChI is InChI=1S/C33H34BrCl2N5O4S/c1-5-14-46-33-39-32-37-19(4)28(31(42)38-25-10-8-9-11-26(25)43-6-2)29(41(32)40-33)21-15-23(34)30(27(16-21)44-7-3)45-18-20-12-13-22(35)17-24(20)36/h8-13,15-17,29H,5-7,14,18H2,1-4H3,(H,38,42)(H,37,39,40). The summed E-state index contributed by atoms with van der Waals surface area (Å²) >= 11 is 17.8. The number of rotatable bonds is 13. The van der Waals surface area contributed by atoms with E-state index < -0.39 is 6.04 Å². The minimum absolute atomic E-state index is 0.193. The van der Waals surface area contributed by atoms with Crippen LogP contribution in [0.2, 0.25) is 10.0 Å². The van der Waals surface area contributed by atoms with Gasteiger partial charge in [0.25, 0.3) is 5.91 Å². The van der Waals surface area contributed by atoms with E-state index in [1.807, 2.05) is 63.2 Å². The highest BCUT2D eigenvalue weighted by Crippen LogP contribution is 2.44. The molecule has 3 aromatic carbocycles. The van der Waals surface area contributed by atoms with Crippen LogP contribution in [0.25, 0.3) is 0 Å². The van der Waals surface area contributed by atoms with Gasteiger partial charge in [-0.2, -0.15) is 4.98 Å². The van der Waals surface area contributed by atoms with Gasteiger partial charge in [0, 0.05) is 27.1 Å². The molecule has 1 unspecified atom stereocenters. The number of carbonyl (C=O) groups is 1. The van der Waals surface area contributed by atoms with Gasteiger partial charge in [-0.05, 0) is 85.1 Å². The minimum Gasteiger partial charge on any atom is -0.492 e. The number of aromatic nitrogens is 3. The third-order valence-electron chi connectivity index (χ3n) is 6.98. The predicted molar refractivity (Wildman–Crippen MR) is 188 cm³/mol. The summed E-state index contributed by atoms with van der Waals surface area (Å²) in [4.78, 5) is 18.9. The molecule has 0 saturated heterocycles. The maximum atomic E-state index is 14.2. The number of anilines is 2. The van der Waals surface area contributed by atoms with E-state index in [1.54, 1.807) is 28.6 Å². The second kappa shape index (κ2) is 15.5. The maximum absolute atomic E-state index is 14.2. The molecule has 1 aromatic heterocycles. The second-order valence-corrected chi connectivity index (χ2v) is 13.0. The van der Waals surface area contributed by atoms with Crippen LogP contribution in [0.4, 0.5) is 11.6 Å². The van der Waals surface area contributed by atoms with Crippen molar-refractivity contribution in [1.82, 2.24) is 14.8 Å². The molecule has 0 aliphatic carbocycles. The molecule has 0 radical (unpaired) electrons. The number of halogens is 3. The first-order valence-electron chi connectivity index (χ1n) is 14.9. The lowest BCUT2D eigenvalue weighted by molar-refractivity contribution is -0.113. The van der Waals surface area contributed by atoms with Crippen molar-refractivity contribution in [3.8, 4) is 17.2 Å². The molecule has 0 saturated carbocycles. The minimum atomic E-state index is -0.644. The van der Waals surface area contributed by atoms with Gasteiger partial charge in [0.05, 0.1) is 28.9 Å². The number of nitrogens with zero attached hydrogens (tertiary/aromatic N) is 3. The van der Waals surface area contributed by atoms with Crippen molar-refractivity contribution in [3.05, 3.63) is 91.5 Å². The highest BCUT2D eigenvalue weighted by Gasteiger charge is 2.36. The molecule has 1 amide bonds. The number of benzene rings is 3. The molecule has 2 heterocycles. The summed E-state index contributed by atoms with van der Waals surface area (Å²) < 4.78 is 20.5. The molecular weight excluding hydrogens is 713 g/mol. The number of carbonyl (C=O) groups excluding carboxylic acids is 1. The van der Waals surface area contributed by atoms with Crippen LogP contribution < -0.4 is 24.8 Å². The van der Waals surface area contributed by atoms with Gasteiger partial charge in [0.2, 0.25) is 11.1 Å². The third-order valence-corrected chi connectivity index (χ3v) is 9.20. The monoisotopic (exact) mass is 745 g/mol. The number of nitrogens with one attached hydrogen (secondary N) is 2. The number of thioether (sulfide) groups is 1. The molecule has 2 N–H and O–H groups in total. The average molecular weight is 748 g/mol. The summed E-state index contributed by atoms with van der Waals surface area (Å²) in [6, 6.07) is 15.8. The lowest BCUT2D eigenvalue weighted by atomic mass is 9.94. The van der Waals surface area contributed by atoms with Gasteiger partial charge in [0.1, 0.15) is 18.4 Å². The van der Waals surface area contributed by atoms with Gasteiger partial charge in [-0.15, -0.1) is 5.10 Å². The van der Waals surface area contributed by atoms with Crippen LogP contribution >= 0.6 is 50.9 Å². The van der Waals surface area contributed by atoms with E-state index in [4.69, 9.17) is 47.5 Å². The Kier molecular flexibility index (Phi) is 11.4. The maximum Gasteiger partial charge on any atom is 0.255 e. The molecule has 1 aliphatic heterocycles. The summed E-state index contributed by atoms with van der Waals surface area (Å²) in [5, 5.41) is 12.9. The summed E-state index contributed by atoms with van der Waals surface area (Å²) in [7, 11) is 0. The fourth-order valence-electron chi connectivity index (χ4n) is 4.97. The highest BCUT2D eigenvalue weighted by molar-refractivity contribution is 9.10. The molecule has 9 nitrogen and oxygen atoms in total. The van der Waals surface area contributed by atoms with Gasteiger partial charge >= 0.3 is 0 Å². The van der Waals surface area contributed by atoms with Crippen LogP contribution in [0.15, 0.2) is 75.5 Å². The summed E-state index contributed by atoms with van der Waals surface area (Å²) in [5.74, 6) is 2.68. The number of para-hydroxylation sites is 2. The van der Waals surface area contributed by atoms with Crippen molar-refractivity contribution >= 4 is 68.4 Å². The molecule has 0 fully saturated rings. The Morgan fingerprint density at radius 3 is 2.54 bits per heavy atom. The Balaban J connectivity index is 1.57. The Morgan fingerprint density at radius 1 is 1.04 bits per heavy atom. The van der Waals surface area contributed by atoms with Crippen molar-refractivity contribution in [2.24, 2.45) is 0 Å². The summed E-state index contributed by atoms with van der Waals surface area (Å²) in [6.45, 7) is 8.82. The van der Waals surface area contributed by atoms with Crippen LogP contribution in [0.5, 0.6) is 17.2 Å². The normalized spacial score (nSPS) is 14.0. The molecule has 0 bridgehead atoms. The van der Waals surface area contributed by atoms with Gasteiger partial charge in [0.15, 0.2) is 11.5 Å². The van der Waals surface area contributed by atoms with Crippen molar-refractivity contribution in [2.45, 2.75) is 51.9 Å². The molecular formula is C33H34BrCl2N5O4S. The van der Waals surface area contributed by atoms with E-state index in [-0.39, 0.29) is 12.5 Å². The number of allylic oxidation sites excluding steroid dienone is 1. The molecule has 46 heavy (non-hydrogen) atoms. The zero-order valence-corrected chi connectivity index (χ0v) is 29.7. The van der Waals surface area contributed by atoms with E-state index in [1.165, 1.54) is 0 Å². The zero-order chi connectivity index (χ0) is 32.8. The Bertz CT molecular complexity index is 1770. The van der Waals surface area contributed by atoms with Crippen LogP contribution in [0.3, 0.4) is 0 Å². The Hall–Kier alpha value is -3.38. The van der Waals surface area contributed by atoms with E-state index in [0.717, 1.165) is 23.3 Å². The quantitative estimate of drug-likeness (QED) is 0.131. The topological polar surface area (TPSA) is 99.5 Å². The van der Waals surface area contributed by atoms with Crippen LogP contribution in [0.1, 0.15) is 51.3 Å². The van der Waals surface area contributed by atoms with E-state index >= 15 is 0 Å². The number of ether oxygens (including phenoxy) is 3. The van der Waals surface area contributed by atoms with Gasteiger partial charge in [-0.3, -0.25) is 4.79 Å². The largest absolute Gasteiger partial charge is 0.492 e. The second-order valence-electron chi connectivity index (χ2n) is 10.2. The van der Waals surface area contributed by atoms with Crippen molar-refractivity contribution in [1.29, 1.82) is 0 Å². The molecule has 4 aromatic rings. The van der Waals surface area contributed by atoms with Gasteiger partial charge in [-0.1, -0.05) is 60.1 Å². The Labute approximate surface area is 291 Å². The van der Waals surface area contributed by atoms with Crippen molar-refractivity contribution < 1.29 is 19.0 Å². The molecule has 242 valence electrons. The average Bonchev–Trinajstić information content (AvgIpc) is 3.43. The van der Waals surface area contributed by atoms with Crippen LogP contribution in [-0.2, 0) is 11.4 Å². The third kappa shape index (κ3) is 7.60. The van der Waals surface area contributed by atoms with Crippen molar-refractivity contribution in [2.75, 3.05) is 29.6 Å². The number of hydrogen-bond donors (Lipinski definition) is 2. The lowest BCUT2D eigenvalue weighted by Gasteiger charge is -2.29. The fourth-order valence-corrected chi connectivity index (χ4v) is 6.69. The smallest absolute Gasteiger partial charge is 0.255 e. The van der Waals surface area contributed by atoms with Crippen LogP contribution in [0, 0.1) is 0 Å². The number of hydrogen-bond acceptors (Lipinski definition) is 8. The Morgan fingerprint density at radius 2 is 1.80 bits per heavy atom. The summed E-state index contributed by atoms with van der Waals surface area (Å²) in [6.07, 6.45) is 0.975. The van der Waals surface area contributed by atoms with E-state index in [2.05, 4.69) is 33.5 Å². The fraction of sp³-hybridized carbons (Fsp3) is 0.303. The molecule has 1 aliphatic rings. The van der Waals surface area contributed by atoms with Crippen LogP contribution in [-0.4, -0.2) is 39.6 Å². The number of fused-ring (bicyclic) bond motifs is 1. The van der Waals surface area contributed by atoms with Gasteiger partial charge in [-0.25, -0.2) is 4.68 Å². The molecule has 0 spiro atoms. The summed E-state index contributed by atoms with van der Waals surface area (Å²) in [5.41, 5.74) is 3.20. The van der Waals surface area contributed by atoms with E-state index in [0.29, 0.717) is 73.0 Å².